The van der Waals surface area contributed by atoms with E-state index in [0.29, 0.717) is 37.9 Å². The maximum atomic E-state index is 12.6. The summed E-state index contributed by atoms with van der Waals surface area (Å²) in [6.07, 6.45) is 5.82. The van der Waals surface area contributed by atoms with Gasteiger partial charge in [-0.3, -0.25) is 9.59 Å². The molecule has 4 heteroatoms. The summed E-state index contributed by atoms with van der Waals surface area (Å²) in [6.45, 7) is 8.97. The van der Waals surface area contributed by atoms with E-state index in [-0.39, 0.29) is 11.9 Å². The van der Waals surface area contributed by atoms with Crippen molar-refractivity contribution >= 4 is 11.9 Å². The van der Waals surface area contributed by atoms with Crippen LogP contribution in [0.2, 0.25) is 0 Å². The highest BCUT2D eigenvalue weighted by Crippen LogP contribution is 2.12. The normalized spacial score (nSPS) is 10.1. The summed E-state index contributed by atoms with van der Waals surface area (Å²) < 4.78 is 4.61. The van der Waals surface area contributed by atoms with Crippen LogP contribution < -0.4 is 0 Å². The molecule has 1 rings (SSSR count). The molecule has 0 bridgehead atoms. The lowest BCUT2D eigenvalue weighted by Gasteiger charge is -2.23. The SMILES string of the molecule is C=CCCN(CCCc1ccccc1)C(=O)C(=C)CCCC(=O)OC. The van der Waals surface area contributed by atoms with E-state index in [1.54, 1.807) is 0 Å². The van der Waals surface area contributed by atoms with Crippen LogP contribution in [-0.4, -0.2) is 37.0 Å². The summed E-state index contributed by atoms with van der Waals surface area (Å²) in [5.74, 6) is -0.286. The van der Waals surface area contributed by atoms with Crippen molar-refractivity contribution in [2.45, 2.75) is 38.5 Å². The molecule has 1 amide bonds. The van der Waals surface area contributed by atoms with Crippen molar-refractivity contribution in [3.05, 3.63) is 60.7 Å². The fraction of sp³-hybridized carbons (Fsp3) is 0.429. The minimum absolute atomic E-state index is 0.0280. The third-order valence-corrected chi connectivity index (χ3v) is 4.02. The monoisotopic (exact) mass is 343 g/mol. The van der Waals surface area contributed by atoms with Gasteiger partial charge in [0.05, 0.1) is 7.11 Å². The maximum absolute atomic E-state index is 12.6. The molecule has 0 saturated carbocycles. The van der Waals surface area contributed by atoms with Gasteiger partial charge in [-0.1, -0.05) is 43.0 Å². The third kappa shape index (κ3) is 8.34. The predicted octanol–water partition coefficient (Wildman–Crippen LogP) is 3.92. The molecule has 0 saturated heterocycles. The van der Waals surface area contributed by atoms with Gasteiger partial charge < -0.3 is 9.64 Å². The van der Waals surface area contributed by atoms with Crippen LogP contribution in [0, 0.1) is 0 Å². The number of carbonyl (C=O) groups is 2. The molecular weight excluding hydrogens is 314 g/mol. The Balaban J connectivity index is 2.48. The summed E-state index contributed by atoms with van der Waals surface area (Å²) in [4.78, 5) is 25.6. The summed E-state index contributed by atoms with van der Waals surface area (Å²) in [7, 11) is 1.37. The first-order valence-corrected chi connectivity index (χ1v) is 8.77. The first-order chi connectivity index (χ1) is 12.1. The number of nitrogens with zero attached hydrogens (tertiary/aromatic N) is 1. The smallest absolute Gasteiger partial charge is 0.305 e. The van der Waals surface area contributed by atoms with Gasteiger partial charge in [0, 0.05) is 25.1 Å². The van der Waals surface area contributed by atoms with Crippen LogP contribution in [0.4, 0.5) is 0 Å². The molecule has 25 heavy (non-hydrogen) atoms. The minimum atomic E-state index is -0.258. The molecule has 0 unspecified atom stereocenters. The van der Waals surface area contributed by atoms with E-state index in [1.165, 1.54) is 12.7 Å². The summed E-state index contributed by atoms with van der Waals surface area (Å²) in [5.41, 5.74) is 1.82. The minimum Gasteiger partial charge on any atom is -0.469 e. The molecule has 0 aliphatic carbocycles. The average Bonchev–Trinajstić information content (AvgIpc) is 2.64. The highest BCUT2D eigenvalue weighted by atomic mass is 16.5. The van der Waals surface area contributed by atoms with E-state index in [2.05, 4.69) is 30.0 Å². The number of ether oxygens (including phenoxy) is 1. The second-order valence-electron chi connectivity index (χ2n) is 5.99. The van der Waals surface area contributed by atoms with Crippen molar-refractivity contribution in [1.29, 1.82) is 0 Å². The molecule has 1 aromatic rings. The molecule has 136 valence electrons. The van der Waals surface area contributed by atoms with Gasteiger partial charge in [-0.25, -0.2) is 0 Å². The van der Waals surface area contributed by atoms with E-state index >= 15 is 0 Å². The van der Waals surface area contributed by atoms with Crippen LogP contribution in [0.3, 0.4) is 0 Å². The lowest BCUT2D eigenvalue weighted by molar-refractivity contribution is -0.140. The van der Waals surface area contributed by atoms with Crippen molar-refractivity contribution in [3.8, 4) is 0 Å². The Labute approximate surface area is 151 Å². The highest BCUT2D eigenvalue weighted by molar-refractivity contribution is 5.92. The molecular formula is C21H29NO3. The first-order valence-electron chi connectivity index (χ1n) is 8.77. The van der Waals surface area contributed by atoms with Gasteiger partial charge >= 0.3 is 5.97 Å². The van der Waals surface area contributed by atoms with Crippen LogP contribution in [-0.2, 0) is 20.7 Å². The Hall–Kier alpha value is -2.36. The lowest BCUT2D eigenvalue weighted by atomic mass is 10.1. The molecule has 0 N–H and O–H groups in total. The largest absolute Gasteiger partial charge is 0.469 e. The average molecular weight is 343 g/mol. The molecule has 0 atom stereocenters. The zero-order valence-electron chi connectivity index (χ0n) is 15.2. The van der Waals surface area contributed by atoms with Gasteiger partial charge in [0.2, 0.25) is 5.91 Å². The van der Waals surface area contributed by atoms with Crippen LogP contribution in [0.15, 0.2) is 55.1 Å². The fourth-order valence-corrected chi connectivity index (χ4v) is 2.56. The number of esters is 1. The zero-order valence-corrected chi connectivity index (χ0v) is 15.2. The topological polar surface area (TPSA) is 46.6 Å². The van der Waals surface area contributed by atoms with Gasteiger partial charge in [-0.05, 0) is 37.7 Å². The molecule has 0 spiro atoms. The van der Waals surface area contributed by atoms with E-state index in [1.807, 2.05) is 29.2 Å². The Bertz CT molecular complexity index is 566. The number of benzene rings is 1. The van der Waals surface area contributed by atoms with Gasteiger partial charge in [-0.2, -0.15) is 0 Å². The van der Waals surface area contributed by atoms with Crippen molar-refractivity contribution in [2.24, 2.45) is 0 Å². The van der Waals surface area contributed by atoms with Crippen LogP contribution in [0.25, 0.3) is 0 Å². The number of methoxy groups -OCH3 is 1. The van der Waals surface area contributed by atoms with Crippen molar-refractivity contribution in [3.63, 3.8) is 0 Å². The Morgan fingerprint density at radius 3 is 2.48 bits per heavy atom. The maximum Gasteiger partial charge on any atom is 0.305 e. The van der Waals surface area contributed by atoms with Gasteiger partial charge in [0.25, 0.3) is 0 Å². The standard InChI is InChI=1S/C21H29NO3/c1-4-5-16-22(17-10-14-19-12-7-6-8-13-19)21(24)18(2)11-9-15-20(23)25-3/h4,6-8,12-13H,1-2,5,9-11,14-17H2,3H3. The zero-order chi connectivity index (χ0) is 18.5. The number of aryl methyl sites for hydroxylation is 1. The van der Waals surface area contributed by atoms with Crippen LogP contribution in [0.5, 0.6) is 0 Å². The molecule has 0 radical (unpaired) electrons. The number of amides is 1. The van der Waals surface area contributed by atoms with Gasteiger partial charge in [0.1, 0.15) is 0 Å². The van der Waals surface area contributed by atoms with Gasteiger partial charge in [0.15, 0.2) is 0 Å². The summed E-state index contributed by atoms with van der Waals surface area (Å²) >= 11 is 0. The predicted molar refractivity (Wildman–Crippen MR) is 101 cm³/mol. The second-order valence-corrected chi connectivity index (χ2v) is 5.99. The lowest BCUT2D eigenvalue weighted by Crippen LogP contribution is -2.34. The Kier molecular flexibility index (Phi) is 9.98. The third-order valence-electron chi connectivity index (χ3n) is 4.02. The molecule has 0 aliphatic rings. The molecule has 0 fully saturated rings. The quantitative estimate of drug-likeness (QED) is 0.328. The number of hydrogen-bond donors (Lipinski definition) is 0. The van der Waals surface area contributed by atoms with Crippen molar-refractivity contribution < 1.29 is 14.3 Å². The Morgan fingerprint density at radius 2 is 1.84 bits per heavy atom. The fourth-order valence-electron chi connectivity index (χ4n) is 2.56. The van der Waals surface area contributed by atoms with E-state index in [4.69, 9.17) is 0 Å². The van der Waals surface area contributed by atoms with E-state index in [0.717, 1.165) is 19.3 Å². The van der Waals surface area contributed by atoms with Crippen LogP contribution >= 0.6 is 0 Å². The van der Waals surface area contributed by atoms with Crippen molar-refractivity contribution in [1.82, 2.24) is 4.90 Å². The highest BCUT2D eigenvalue weighted by Gasteiger charge is 2.16. The molecule has 0 aromatic heterocycles. The summed E-state index contributed by atoms with van der Waals surface area (Å²) in [6, 6.07) is 10.3. The molecule has 4 nitrogen and oxygen atoms in total. The number of carbonyl (C=O) groups excluding carboxylic acids is 2. The van der Waals surface area contributed by atoms with Crippen molar-refractivity contribution in [2.75, 3.05) is 20.2 Å². The molecule has 0 heterocycles. The first kappa shape index (κ1) is 20.7. The number of rotatable bonds is 12. The molecule has 1 aromatic carbocycles. The van der Waals surface area contributed by atoms with Crippen LogP contribution in [0.1, 0.15) is 37.7 Å². The van der Waals surface area contributed by atoms with E-state index in [9.17, 15) is 9.59 Å². The summed E-state index contributed by atoms with van der Waals surface area (Å²) in [5, 5.41) is 0. The van der Waals surface area contributed by atoms with E-state index < -0.39 is 0 Å². The Morgan fingerprint density at radius 1 is 1.12 bits per heavy atom. The second kappa shape index (κ2) is 12.1. The molecule has 0 aliphatic heterocycles. The number of hydrogen-bond acceptors (Lipinski definition) is 3. The van der Waals surface area contributed by atoms with Gasteiger partial charge in [-0.15, -0.1) is 6.58 Å².